The number of nitrogens with zero attached hydrogens (tertiary/aromatic N) is 3. The fraction of sp³-hybridized carbons (Fsp3) is 0.296. The van der Waals surface area contributed by atoms with Crippen molar-refractivity contribution in [3.8, 4) is 0 Å². The minimum absolute atomic E-state index is 0.176. The number of halogens is 1. The monoisotopic (exact) mass is 556 g/mol. The van der Waals surface area contributed by atoms with Gasteiger partial charge in [-0.3, -0.25) is 9.48 Å². The van der Waals surface area contributed by atoms with Gasteiger partial charge in [0.15, 0.2) is 6.61 Å². The number of rotatable bonds is 9. The van der Waals surface area contributed by atoms with E-state index in [1.807, 2.05) is 42.8 Å². The topological polar surface area (TPSA) is 111 Å². The maximum absolute atomic E-state index is 12.6. The quantitative estimate of drug-likeness (QED) is 0.313. The third kappa shape index (κ3) is 6.50. The predicted octanol–water partition coefficient (Wildman–Crippen LogP) is 4.18. The molecule has 0 aliphatic carbocycles. The zero-order valence-corrected chi connectivity index (χ0v) is 22.8. The summed E-state index contributed by atoms with van der Waals surface area (Å²) in [4.78, 5) is 24.6. The molecule has 1 aliphatic rings. The molecular formula is C27H29ClN4O5S. The summed E-state index contributed by atoms with van der Waals surface area (Å²) in [6, 6.07) is 13.5. The molecule has 0 saturated carbocycles. The molecule has 4 rings (SSSR count). The lowest BCUT2D eigenvalue weighted by Gasteiger charge is -2.15. The number of benzene rings is 2. The molecule has 0 spiro atoms. The van der Waals surface area contributed by atoms with E-state index in [9.17, 15) is 18.0 Å². The number of hydrogen-bond acceptors (Lipinski definition) is 6. The molecule has 1 fully saturated rings. The largest absolute Gasteiger partial charge is 0.452 e. The fourth-order valence-electron chi connectivity index (χ4n) is 4.21. The number of amides is 1. The van der Waals surface area contributed by atoms with Crippen LogP contribution < -0.4 is 5.32 Å². The van der Waals surface area contributed by atoms with E-state index in [-0.39, 0.29) is 4.90 Å². The van der Waals surface area contributed by atoms with Crippen LogP contribution in [-0.4, -0.2) is 54.1 Å². The van der Waals surface area contributed by atoms with E-state index in [1.54, 1.807) is 6.08 Å². The van der Waals surface area contributed by atoms with Crippen LogP contribution in [0.5, 0.6) is 0 Å². The molecular weight excluding hydrogens is 528 g/mol. The van der Waals surface area contributed by atoms with Crippen LogP contribution in [0.4, 0.5) is 5.69 Å². The summed E-state index contributed by atoms with van der Waals surface area (Å²) < 4.78 is 33.6. The van der Waals surface area contributed by atoms with E-state index in [1.165, 1.54) is 34.6 Å². The van der Waals surface area contributed by atoms with E-state index < -0.39 is 28.5 Å². The fourth-order valence-corrected chi connectivity index (χ4v) is 5.93. The van der Waals surface area contributed by atoms with Gasteiger partial charge in [-0.05, 0) is 68.7 Å². The highest BCUT2D eigenvalue weighted by Crippen LogP contribution is 2.23. The normalized spacial score (nSPS) is 14.2. The Labute approximate surface area is 227 Å². The summed E-state index contributed by atoms with van der Waals surface area (Å²) >= 11 is 6.26. The first-order valence-corrected chi connectivity index (χ1v) is 14.0. The van der Waals surface area contributed by atoms with Gasteiger partial charge in [0.2, 0.25) is 10.0 Å². The van der Waals surface area contributed by atoms with Gasteiger partial charge in [0.05, 0.1) is 17.1 Å². The van der Waals surface area contributed by atoms with Gasteiger partial charge in [-0.1, -0.05) is 29.8 Å². The van der Waals surface area contributed by atoms with E-state index in [2.05, 4.69) is 10.4 Å². The molecule has 9 nitrogen and oxygen atoms in total. The number of sulfonamides is 1. The molecule has 0 unspecified atom stereocenters. The Morgan fingerprint density at radius 2 is 1.76 bits per heavy atom. The number of esters is 1. The molecule has 1 amide bonds. The molecule has 2 aromatic carbocycles. The third-order valence-electron chi connectivity index (χ3n) is 6.29. The second kappa shape index (κ2) is 11.9. The smallest absolute Gasteiger partial charge is 0.331 e. The number of hydrogen-bond donors (Lipinski definition) is 1. The molecule has 1 saturated heterocycles. The Kier molecular flexibility index (Phi) is 8.65. The van der Waals surface area contributed by atoms with Crippen LogP contribution in [-0.2, 0) is 30.9 Å². The Balaban J connectivity index is 1.29. The van der Waals surface area contributed by atoms with E-state index in [0.29, 0.717) is 30.3 Å². The van der Waals surface area contributed by atoms with Gasteiger partial charge < -0.3 is 10.1 Å². The predicted molar refractivity (Wildman–Crippen MR) is 145 cm³/mol. The molecule has 1 aromatic heterocycles. The lowest BCUT2D eigenvalue weighted by atomic mass is 10.1. The lowest BCUT2D eigenvalue weighted by Crippen LogP contribution is -2.27. The second-order valence-corrected chi connectivity index (χ2v) is 11.3. The van der Waals surface area contributed by atoms with Crippen LogP contribution in [0.1, 0.15) is 35.4 Å². The highest BCUT2D eigenvalue weighted by Gasteiger charge is 2.27. The molecule has 0 radical (unpaired) electrons. The maximum atomic E-state index is 12.6. The van der Waals surface area contributed by atoms with Crippen LogP contribution in [0.15, 0.2) is 59.5 Å². The number of ether oxygens (including phenoxy) is 1. The SMILES string of the molecule is Cc1nn(Cc2ccccc2Cl)c(C)c1C=CC(=O)OCC(=O)Nc1ccc(S(=O)(=O)N2CCCC2)cc1. The molecule has 200 valence electrons. The Morgan fingerprint density at radius 3 is 2.45 bits per heavy atom. The summed E-state index contributed by atoms with van der Waals surface area (Å²) in [6.07, 6.45) is 4.57. The summed E-state index contributed by atoms with van der Waals surface area (Å²) in [5, 5.41) is 7.79. The van der Waals surface area contributed by atoms with Gasteiger partial charge in [-0.25, -0.2) is 13.2 Å². The number of aryl methyl sites for hydroxylation is 1. The van der Waals surface area contributed by atoms with Gasteiger partial charge >= 0.3 is 5.97 Å². The second-order valence-electron chi connectivity index (χ2n) is 8.96. The maximum Gasteiger partial charge on any atom is 0.331 e. The third-order valence-corrected chi connectivity index (χ3v) is 8.57. The first kappa shape index (κ1) is 27.6. The molecule has 0 bridgehead atoms. The van der Waals surface area contributed by atoms with Crippen molar-refractivity contribution in [3.05, 3.63) is 82.1 Å². The van der Waals surface area contributed by atoms with Gasteiger partial charge in [-0.2, -0.15) is 9.40 Å². The number of carbonyl (C=O) groups is 2. The van der Waals surface area contributed by atoms with Gasteiger partial charge in [-0.15, -0.1) is 0 Å². The molecule has 2 heterocycles. The first-order chi connectivity index (χ1) is 18.1. The highest BCUT2D eigenvalue weighted by atomic mass is 35.5. The first-order valence-electron chi connectivity index (χ1n) is 12.2. The average Bonchev–Trinajstić information content (AvgIpc) is 3.53. The van der Waals surface area contributed by atoms with E-state index >= 15 is 0 Å². The van der Waals surface area contributed by atoms with Crippen molar-refractivity contribution in [3.63, 3.8) is 0 Å². The van der Waals surface area contributed by atoms with Gasteiger partial charge in [0.1, 0.15) is 0 Å². The van der Waals surface area contributed by atoms with Crippen molar-refractivity contribution in [2.75, 3.05) is 25.0 Å². The molecule has 1 N–H and O–H groups in total. The Morgan fingerprint density at radius 1 is 1.08 bits per heavy atom. The Hall–Kier alpha value is -3.47. The summed E-state index contributed by atoms with van der Waals surface area (Å²) in [5.74, 6) is -1.22. The zero-order chi connectivity index (χ0) is 27.3. The van der Waals surface area contributed by atoms with Crippen LogP contribution in [0.3, 0.4) is 0 Å². The minimum Gasteiger partial charge on any atom is -0.452 e. The lowest BCUT2D eigenvalue weighted by molar-refractivity contribution is -0.142. The van der Waals surface area contributed by atoms with E-state index in [0.717, 1.165) is 35.4 Å². The molecule has 11 heteroatoms. The van der Waals surface area contributed by atoms with Gasteiger partial charge in [0, 0.05) is 41.1 Å². The summed E-state index contributed by atoms with van der Waals surface area (Å²) in [5.41, 5.74) is 3.72. The molecule has 38 heavy (non-hydrogen) atoms. The summed E-state index contributed by atoms with van der Waals surface area (Å²) in [6.45, 7) is 4.79. The van der Waals surface area contributed by atoms with Gasteiger partial charge in [0.25, 0.3) is 5.91 Å². The van der Waals surface area contributed by atoms with Crippen LogP contribution in [0.25, 0.3) is 6.08 Å². The van der Waals surface area contributed by atoms with Crippen molar-refractivity contribution in [1.29, 1.82) is 0 Å². The minimum atomic E-state index is -3.53. The number of carbonyl (C=O) groups excluding carboxylic acids is 2. The van der Waals surface area contributed by atoms with Crippen LogP contribution in [0.2, 0.25) is 5.02 Å². The van der Waals surface area contributed by atoms with Crippen LogP contribution >= 0.6 is 11.6 Å². The van der Waals surface area contributed by atoms with Crippen molar-refractivity contribution in [1.82, 2.24) is 14.1 Å². The molecule has 3 aromatic rings. The number of aromatic nitrogens is 2. The number of nitrogens with one attached hydrogen (secondary N) is 1. The van der Waals surface area contributed by atoms with Crippen LogP contribution in [0, 0.1) is 13.8 Å². The van der Waals surface area contributed by atoms with Crippen molar-refractivity contribution in [2.24, 2.45) is 0 Å². The van der Waals surface area contributed by atoms with Crippen molar-refractivity contribution < 1.29 is 22.7 Å². The molecule has 1 aliphatic heterocycles. The highest BCUT2D eigenvalue weighted by molar-refractivity contribution is 7.89. The molecule has 0 atom stereocenters. The van der Waals surface area contributed by atoms with E-state index in [4.69, 9.17) is 16.3 Å². The standard InChI is InChI=1S/C27H29ClN4O5S/c1-19-24(20(2)32(30-19)17-21-7-3-4-8-25(21)28)13-14-27(34)37-18-26(33)29-22-9-11-23(12-10-22)38(35,36)31-15-5-6-16-31/h3-4,7-14H,5-6,15-18H2,1-2H3,(H,29,33). The summed E-state index contributed by atoms with van der Waals surface area (Å²) in [7, 11) is -3.53. The number of anilines is 1. The van der Waals surface area contributed by atoms with Crippen molar-refractivity contribution >= 4 is 45.3 Å². The Bertz CT molecular complexity index is 1460. The van der Waals surface area contributed by atoms with Crippen molar-refractivity contribution in [2.45, 2.75) is 38.1 Å². The average molecular weight is 557 g/mol. The zero-order valence-electron chi connectivity index (χ0n) is 21.2.